The monoisotopic (exact) mass is 344 g/mol. The second kappa shape index (κ2) is 6.93. The molecular formula is C19H20O6. The summed E-state index contributed by atoms with van der Waals surface area (Å²) in [6, 6.07) is 8.84. The van der Waals surface area contributed by atoms with E-state index in [2.05, 4.69) is 0 Å². The number of Topliss-reactive ketones (excluding diaryl/α,β-unsaturated/α-hetero) is 1. The Morgan fingerprint density at radius 3 is 2.20 bits per heavy atom. The summed E-state index contributed by atoms with van der Waals surface area (Å²) >= 11 is 0. The first-order chi connectivity index (χ1) is 12.1. The molecule has 1 heterocycles. The van der Waals surface area contributed by atoms with Crippen molar-refractivity contribution in [3.8, 4) is 28.7 Å². The maximum atomic E-state index is 13.0. The summed E-state index contributed by atoms with van der Waals surface area (Å²) in [5.74, 6) is 2.11. The first-order valence-corrected chi connectivity index (χ1v) is 7.78. The lowest BCUT2D eigenvalue weighted by molar-refractivity contribution is 0.0892. The molecule has 0 spiro atoms. The minimum Gasteiger partial charge on any atom is -0.493 e. The van der Waals surface area contributed by atoms with Crippen LogP contribution in [-0.4, -0.2) is 40.8 Å². The summed E-state index contributed by atoms with van der Waals surface area (Å²) in [5, 5.41) is 0. The van der Waals surface area contributed by atoms with Gasteiger partial charge in [-0.25, -0.2) is 0 Å². The van der Waals surface area contributed by atoms with E-state index in [9.17, 15) is 4.79 Å². The van der Waals surface area contributed by atoms with Gasteiger partial charge in [-0.1, -0.05) is 6.07 Å². The second-order valence-corrected chi connectivity index (χ2v) is 5.52. The van der Waals surface area contributed by atoms with Crippen LogP contribution in [0.3, 0.4) is 0 Å². The normalized spacial score (nSPS) is 15.8. The van der Waals surface area contributed by atoms with Crippen molar-refractivity contribution < 1.29 is 28.5 Å². The predicted molar refractivity (Wildman–Crippen MR) is 91.7 cm³/mol. The van der Waals surface area contributed by atoms with Crippen molar-refractivity contribution in [2.45, 2.75) is 5.92 Å². The third-order valence-corrected chi connectivity index (χ3v) is 4.29. The Labute approximate surface area is 146 Å². The molecule has 0 saturated carbocycles. The summed E-state index contributed by atoms with van der Waals surface area (Å²) < 4.78 is 27.0. The van der Waals surface area contributed by atoms with Gasteiger partial charge in [0.15, 0.2) is 28.8 Å². The Bertz CT molecular complexity index is 799. The van der Waals surface area contributed by atoms with Gasteiger partial charge in [-0.3, -0.25) is 4.79 Å². The van der Waals surface area contributed by atoms with Gasteiger partial charge in [0, 0.05) is 0 Å². The SMILES string of the molecule is COc1ccc([C@H]2COc3c(ccc(OC)c3OC)C2=O)cc1OC. The van der Waals surface area contributed by atoms with Crippen LogP contribution >= 0.6 is 0 Å². The lowest BCUT2D eigenvalue weighted by atomic mass is 9.88. The summed E-state index contributed by atoms with van der Waals surface area (Å²) in [7, 11) is 6.20. The molecule has 0 aromatic heterocycles. The van der Waals surface area contributed by atoms with Crippen LogP contribution < -0.4 is 23.7 Å². The molecule has 1 aliphatic heterocycles. The third-order valence-electron chi connectivity index (χ3n) is 4.29. The zero-order valence-electron chi connectivity index (χ0n) is 14.6. The van der Waals surface area contributed by atoms with E-state index in [-0.39, 0.29) is 12.4 Å². The molecule has 3 rings (SSSR count). The van der Waals surface area contributed by atoms with Crippen LogP contribution in [0.2, 0.25) is 0 Å². The van der Waals surface area contributed by atoms with Crippen molar-refractivity contribution in [1.29, 1.82) is 0 Å². The van der Waals surface area contributed by atoms with Gasteiger partial charge >= 0.3 is 0 Å². The van der Waals surface area contributed by atoms with E-state index >= 15 is 0 Å². The molecule has 1 atom stereocenters. The highest BCUT2D eigenvalue weighted by molar-refractivity contribution is 6.05. The van der Waals surface area contributed by atoms with Crippen LogP contribution in [-0.2, 0) is 0 Å². The van der Waals surface area contributed by atoms with Crippen molar-refractivity contribution in [2.75, 3.05) is 35.0 Å². The molecule has 0 aliphatic carbocycles. The molecule has 0 radical (unpaired) electrons. The average Bonchev–Trinajstić information content (AvgIpc) is 2.66. The molecule has 132 valence electrons. The van der Waals surface area contributed by atoms with Crippen LogP contribution in [0.15, 0.2) is 30.3 Å². The van der Waals surface area contributed by atoms with Gasteiger partial charge in [0.2, 0.25) is 5.75 Å². The van der Waals surface area contributed by atoms with Crippen LogP contribution in [0.1, 0.15) is 21.8 Å². The smallest absolute Gasteiger partial charge is 0.204 e. The highest BCUT2D eigenvalue weighted by Gasteiger charge is 2.33. The molecule has 0 bridgehead atoms. The molecule has 0 N–H and O–H groups in total. The van der Waals surface area contributed by atoms with E-state index in [1.165, 1.54) is 7.11 Å². The van der Waals surface area contributed by atoms with Crippen molar-refractivity contribution >= 4 is 5.78 Å². The largest absolute Gasteiger partial charge is 0.493 e. The number of hydrogen-bond donors (Lipinski definition) is 0. The highest BCUT2D eigenvalue weighted by atomic mass is 16.5. The summed E-state index contributed by atoms with van der Waals surface area (Å²) in [5.41, 5.74) is 1.28. The molecule has 0 amide bonds. The number of carbonyl (C=O) groups is 1. The van der Waals surface area contributed by atoms with Gasteiger partial charge in [-0.05, 0) is 29.8 Å². The quantitative estimate of drug-likeness (QED) is 0.831. The molecule has 6 nitrogen and oxygen atoms in total. The molecule has 0 saturated heterocycles. The highest BCUT2D eigenvalue weighted by Crippen LogP contribution is 2.45. The zero-order chi connectivity index (χ0) is 18.0. The fraction of sp³-hybridized carbons (Fsp3) is 0.316. The lowest BCUT2D eigenvalue weighted by Gasteiger charge is -2.26. The van der Waals surface area contributed by atoms with Crippen LogP contribution in [0, 0.1) is 0 Å². The number of benzene rings is 2. The summed E-state index contributed by atoms with van der Waals surface area (Å²) in [6.07, 6.45) is 0. The summed E-state index contributed by atoms with van der Waals surface area (Å²) in [4.78, 5) is 13.0. The van der Waals surface area contributed by atoms with E-state index in [0.29, 0.717) is 34.3 Å². The van der Waals surface area contributed by atoms with Crippen molar-refractivity contribution in [2.24, 2.45) is 0 Å². The van der Waals surface area contributed by atoms with Gasteiger partial charge in [-0.15, -0.1) is 0 Å². The van der Waals surface area contributed by atoms with Crippen LogP contribution in [0.25, 0.3) is 0 Å². The molecule has 25 heavy (non-hydrogen) atoms. The first-order valence-electron chi connectivity index (χ1n) is 7.78. The summed E-state index contributed by atoms with van der Waals surface area (Å²) in [6.45, 7) is 0.213. The lowest BCUT2D eigenvalue weighted by Crippen LogP contribution is -2.26. The topological polar surface area (TPSA) is 63.2 Å². The minimum atomic E-state index is -0.426. The Hall–Kier alpha value is -2.89. The van der Waals surface area contributed by atoms with Gasteiger partial charge in [-0.2, -0.15) is 0 Å². The molecule has 0 fully saturated rings. The molecule has 6 heteroatoms. The molecule has 2 aromatic carbocycles. The number of ketones is 1. The van der Waals surface area contributed by atoms with Gasteiger partial charge in [0.05, 0.1) is 39.9 Å². The van der Waals surface area contributed by atoms with E-state index in [0.717, 1.165) is 5.56 Å². The third kappa shape index (κ3) is 2.84. The van der Waals surface area contributed by atoms with E-state index < -0.39 is 5.92 Å². The minimum absolute atomic E-state index is 0.0329. The Morgan fingerprint density at radius 1 is 0.880 bits per heavy atom. The maximum absolute atomic E-state index is 13.0. The Morgan fingerprint density at radius 2 is 1.56 bits per heavy atom. The number of fused-ring (bicyclic) bond motifs is 1. The second-order valence-electron chi connectivity index (χ2n) is 5.52. The Balaban J connectivity index is 2.00. The molecule has 0 unspecified atom stereocenters. The van der Waals surface area contributed by atoms with Crippen molar-refractivity contribution in [1.82, 2.24) is 0 Å². The number of rotatable bonds is 5. The van der Waals surface area contributed by atoms with Crippen LogP contribution in [0.5, 0.6) is 28.7 Å². The fourth-order valence-electron chi connectivity index (χ4n) is 2.98. The molecule has 1 aliphatic rings. The number of ether oxygens (including phenoxy) is 5. The van der Waals surface area contributed by atoms with Gasteiger partial charge in [0.25, 0.3) is 0 Å². The van der Waals surface area contributed by atoms with Gasteiger partial charge < -0.3 is 23.7 Å². The molecular weight excluding hydrogens is 324 g/mol. The maximum Gasteiger partial charge on any atom is 0.204 e. The van der Waals surface area contributed by atoms with Crippen LogP contribution in [0.4, 0.5) is 0 Å². The fourth-order valence-corrected chi connectivity index (χ4v) is 2.98. The zero-order valence-corrected chi connectivity index (χ0v) is 14.6. The molecule has 2 aromatic rings. The predicted octanol–water partition coefficient (Wildman–Crippen LogP) is 3.08. The van der Waals surface area contributed by atoms with Gasteiger partial charge in [0.1, 0.15) is 6.61 Å². The Kier molecular flexibility index (Phi) is 4.70. The van der Waals surface area contributed by atoms with E-state index in [1.807, 2.05) is 6.07 Å². The number of methoxy groups -OCH3 is 4. The van der Waals surface area contributed by atoms with Crippen molar-refractivity contribution in [3.63, 3.8) is 0 Å². The van der Waals surface area contributed by atoms with E-state index in [4.69, 9.17) is 23.7 Å². The number of carbonyl (C=O) groups excluding carboxylic acids is 1. The first kappa shape index (κ1) is 17.0. The van der Waals surface area contributed by atoms with E-state index in [1.54, 1.807) is 45.6 Å². The average molecular weight is 344 g/mol. The standard InChI is InChI=1S/C19H20O6/c1-21-14-7-5-11(9-16(14)23-3)13-10-25-18-12(17(13)20)6-8-15(22-2)19(18)24-4/h5-9,13H,10H2,1-4H3/t13-/m1/s1. The van der Waals surface area contributed by atoms with Crippen molar-refractivity contribution in [3.05, 3.63) is 41.5 Å². The number of hydrogen-bond acceptors (Lipinski definition) is 6.